The number of halogens is 3. The molecule has 1 radical (unpaired) electrons. The first kappa shape index (κ1) is 14.7. The van der Waals surface area contributed by atoms with E-state index in [1.807, 2.05) is 19.6 Å². The van der Waals surface area contributed by atoms with Crippen molar-refractivity contribution >= 4 is 58.4 Å². The highest BCUT2D eigenvalue weighted by Gasteiger charge is 2.35. The van der Waals surface area contributed by atoms with Gasteiger partial charge in [0.25, 0.3) is 3.79 Å². The largest absolute Gasteiger partial charge is 0.489 e. The van der Waals surface area contributed by atoms with Crippen LogP contribution in [0.4, 0.5) is 0 Å². The molecule has 0 heterocycles. The monoisotopic (exact) mass is 293 g/mol. The van der Waals surface area contributed by atoms with Gasteiger partial charge in [0.05, 0.1) is 0 Å². The van der Waals surface area contributed by atoms with Crippen LogP contribution in [0.1, 0.15) is 0 Å². The van der Waals surface area contributed by atoms with E-state index in [9.17, 15) is 4.79 Å². The van der Waals surface area contributed by atoms with E-state index in [1.54, 1.807) is 6.55 Å². The van der Waals surface area contributed by atoms with Crippen molar-refractivity contribution in [3.05, 3.63) is 0 Å². The van der Waals surface area contributed by atoms with E-state index in [-0.39, 0.29) is 0 Å². The Morgan fingerprint density at radius 2 is 1.71 bits per heavy atom. The molecule has 0 spiro atoms. The van der Waals surface area contributed by atoms with Crippen LogP contribution < -0.4 is 0 Å². The summed E-state index contributed by atoms with van der Waals surface area (Å²) in [5.41, 5.74) is 0. The van der Waals surface area contributed by atoms with Crippen LogP contribution in [0.25, 0.3) is 0 Å². The number of hydrogen-bond donors (Lipinski definition) is 0. The van der Waals surface area contributed by atoms with E-state index in [1.165, 1.54) is 0 Å². The molecule has 0 unspecified atom stereocenters. The fourth-order valence-electron chi connectivity index (χ4n) is 0.640. The van der Waals surface area contributed by atoms with Crippen molar-refractivity contribution in [2.75, 3.05) is 0 Å². The highest BCUT2D eigenvalue weighted by Crippen LogP contribution is 2.27. The van der Waals surface area contributed by atoms with Crippen LogP contribution in [0.5, 0.6) is 0 Å². The number of carbonyl (C=O) groups is 1. The van der Waals surface area contributed by atoms with Gasteiger partial charge in [0.1, 0.15) is 0 Å². The first-order valence-corrected chi connectivity index (χ1v) is 10.2. The van der Waals surface area contributed by atoms with Crippen molar-refractivity contribution in [2.24, 2.45) is 0 Å². The second-order valence-electron chi connectivity index (χ2n) is 3.59. The van der Waals surface area contributed by atoms with Gasteiger partial charge in [-0.05, 0) is 26.2 Å². The zero-order valence-corrected chi connectivity index (χ0v) is 12.6. The molecule has 3 nitrogen and oxygen atoms in total. The van der Waals surface area contributed by atoms with Gasteiger partial charge in [-0.15, -0.1) is 0 Å². The summed E-state index contributed by atoms with van der Waals surface area (Å²) < 4.78 is 8.38. The molecule has 0 aliphatic heterocycles. The van der Waals surface area contributed by atoms with Crippen LogP contribution in [-0.4, -0.2) is 27.4 Å². The van der Waals surface area contributed by atoms with Gasteiger partial charge in [0, 0.05) is 0 Å². The summed E-state index contributed by atoms with van der Waals surface area (Å²) in [7, 11) is -3.38. The normalized spacial score (nSPS) is 13.1. The van der Waals surface area contributed by atoms with Crippen LogP contribution in [0.2, 0.25) is 26.2 Å². The average molecular weight is 295 g/mol. The van der Waals surface area contributed by atoms with Gasteiger partial charge in [-0.3, -0.25) is 0 Å². The third-order valence-electron chi connectivity index (χ3n) is 0.918. The van der Waals surface area contributed by atoms with E-state index in [0.717, 1.165) is 0 Å². The van der Waals surface area contributed by atoms with Gasteiger partial charge in [-0.1, -0.05) is 34.8 Å². The number of rotatable bonds is 3. The second-order valence-corrected chi connectivity index (χ2v) is 12.1. The standard InChI is InChI=1S/C6H12Cl3O3Si2/c1-13(12-14(2,3)4)11-5(10)6(7,8)9/h1-4H3. The SMILES string of the molecule is C[Si](OC(=O)C(Cl)(Cl)Cl)O[Si](C)(C)C. The van der Waals surface area contributed by atoms with Crippen LogP contribution in [-0.2, 0) is 13.3 Å². The lowest BCUT2D eigenvalue weighted by molar-refractivity contribution is -0.134. The van der Waals surface area contributed by atoms with Crippen molar-refractivity contribution in [3.8, 4) is 0 Å². The molecule has 0 aliphatic carbocycles. The summed E-state index contributed by atoms with van der Waals surface area (Å²) in [5, 5.41) is 0. The average Bonchev–Trinajstić information content (AvgIpc) is 1.79. The maximum atomic E-state index is 11.1. The molecule has 0 saturated heterocycles. The number of carbonyl (C=O) groups excluding carboxylic acids is 1. The molecule has 0 atom stereocenters. The Morgan fingerprint density at radius 1 is 1.29 bits per heavy atom. The maximum absolute atomic E-state index is 11.1. The quantitative estimate of drug-likeness (QED) is 0.593. The van der Waals surface area contributed by atoms with Crippen molar-refractivity contribution < 1.29 is 13.3 Å². The molecular weight excluding hydrogens is 283 g/mol. The van der Waals surface area contributed by atoms with Gasteiger partial charge in [-0.2, -0.15) is 0 Å². The molecule has 0 aliphatic rings. The van der Waals surface area contributed by atoms with Gasteiger partial charge in [0.15, 0.2) is 8.32 Å². The van der Waals surface area contributed by atoms with E-state index in [4.69, 9.17) is 43.3 Å². The lowest BCUT2D eigenvalue weighted by Gasteiger charge is -2.22. The summed E-state index contributed by atoms with van der Waals surface area (Å²) in [6.07, 6.45) is 0. The van der Waals surface area contributed by atoms with Crippen LogP contribution in [0.3, 0.4) is 0 Å². The van der Waals surface area contributed by atoms with Crippen LogP contribution >= 0.6 is 34.8 Å². The predicted molar refractivity (Wildman–Crippen MR) is 62.4 cm³/mol. The molecule has 0 aromatic carbocycles. The molecule has 0 rings (SSSR count). The van der Waals surface area contributed by atoms with E-state index in [2.05, 4.69) is 0 Å². The van der Waals surface area contributed by atoms with Crippen molar-refractivity contribution in [1.82, 2.24) is 0 Å². The van der Waals surface area contributed by atoms with Crippen molar-refractivity contribution in [2.45, 2.75) is 30.0 Å². The third-order valence-corrected chi connectivity index (χ3v) is 5.45. The Balaban J connectivity index is 4.09. The Labute approximate surface area is 102 Å². The summed E-state index contributed by atoms with van der Waals surface area (Å²) in [4.78, 5) is 11.1. The van der Waals surface area contributed by atoms with Gasteiger partial charge >= 0.3 is 15.3 Å². The first-order valence-electron chi connectivity index (χ1n) is 3.84. The highest BCUT2D eigenvalue weighted by molar-refractivity contribution is 6.78. The molecule has 0 aromatic rings. The number of alkyl halides is 3. The molecule has 14 heavy (non-hydrogen) atoms. The molecule has 0 amide bonds. The molecular formula is C6H12Cl3O3Si2. The Kier molecular flexibility index (Phi) is 5.45. The van der Waals surface area contributed by atoms with Gasteiger partial charge in [0.2, 0.25) is 0 Å². The van der Waals surface area contributed by atoms with Gasteiger partial charge < -0.3 is 8.54 Å². The fourth-order valence-corrected chi connectivity index (χ4v) is 4.98. The molecule has 0 saturated carbocycles. The summed E-state index contributed by atoms with van der Waals surface area (Å²) >= 11 is 16.0. The minimum Gasteiger partial charge on any atom is -0.489 e. The zero-order valence-electron chi connectivity index (χ0n) is 8.36. The predicted octanol–water partition coefficient (Wildman–Crippen LogP) is 2.87. The molecule has 8 heteroatoms. The molecule has 83 valence electrons. The summed E-state index contributed by atoms with van der Waals surface area (Å²) in [6, 6.07) is 0. The summed E-state index contributed by atoms with van der Waals surface area (Å²) in [5.74, 6) is -0.878. The maximum Gasteiger partial charge on any atom is 0.445 e. The van der Waals surface area contributed by atoms with E-state index < -0.39 is 27.4 Å². The molecule has 0 N–H and O–H groups in total. The van der Waals surface area contributed by atoms with E-state index in [0.29, 0.717) is 0 Å². The van der Waals surface area contributed by atoms with E-state index >= 15 is 0 Å². The topological polar surface area (TPSA) is 35.5 Å². The highest BCUT2D eigenvalue weighted by atomic mass is 35.6. The Hall–Kier alpha value is 0.734. The van der Waals surface area contributed by atoms with Crippen LogP contribution in [0.15, 0.2) is 0 Å². The Bertz CT molecular complexity index is 211. The third kappa shape index (κ3) is 7.08. The van der Waals surface area contributed by atoms with Crippen molar-refractivity contribution in [1.29, 1.82) is 0 Å². The smallest absolute Gasteiger partial charge is 0.445 e. The summed E-state index contributed by atoms with van der Waals surface area (Å²) in [6.45, 7) is 7.66. The second kappa shape index (κ2) is 5.18. The minimum absolute atomic E-state index is 0.878. The number of hydrogen-bond acceptors (Lipinski definition) is 3. The van der Waals surface area contributed by atoms with Crippen molar-refractivity contribution in [3.63, 3.8) is 0 Å². The first-order chi connectivity index (χ1) is 6.02. The minimum atomic E-state index is -2.02. The lowest BCUT2D eigenvalue weighted by Crippen LogP contribution is -2.38. The lowest BCUT2D eigenvalue weighted by atomic mass is 10.8. The molecule has 0 aromatic heterocycles. The van der Waals surface area contributed by atoms with Crippen LogP contribution in [0, 0.1) is 0 Å². The Morgan fingerprint density at radius 3 is 2.00 bits per heavy atom. The molecule has 0 bridgehead atoms. The zero-order chi connectivity index (χ0) is 11.6. The van der Waals surface area contributed by atoms with Gasteiger partial charge in [-0.25, -0.2) is 4.79 Å². The fraction of sp³-hybridized carbons (Fsp3) is 0.833. The molecule has 0 fully saturated rings.